The van der Waals surface area contributed by atoms with Gasteiger partial charge in [0, 0.05) is 51.2 Å². The number of amides is 2. The summed E-state index contributed by atoms with van der Waals surface area (Å²) >= 11 is 0. The van der Waals surface area contributed by atoms with Gasteiger partial charge in [0.1, 0.15) is 5.82 Å². The first kappa shape index (κ1) is 23.0. The van der Waals surface area contributed by atoms with Crippen LogP contribution in [0, 0.1) is 5.82 Å². The van der Waals surface area contributed by atoms with E-state index in [4.69, 9.17) is 9.15 Å². The summed E-state index contributed by atoms with van der Waals surface area (Å²) in [4.78, 5) is 29.0. The molecule has 2 aromatic carbocycles. The van der Waals surface area contributed by atoms with Gasteiger partial charge in [0.15, 0.2) is 5.76 Å². The van der Waals surface area contributed by atoms with Crippen molar-refractivity contribution in [2.75, 3.05) is 44.6 Å². The zero-order chi connectivity index (χ0) is 23.1. The van der Waals surface area contributed by atoms with Crippen molar-refractivity contribution in [3.63, 3.8) is 0 Å². The van der Waals surface area contributed by atoms with Gasteiger partial charge in [-0.05, 0) is 54.1 Å². The molecule has 1 N–H and O–H groups in total. The minimum Gasteiger partial charge on any atom is -0.459 e. The van der Waals surface area contributed by atoms with Crippen LogP contribution in [0.25, 0.3) is 0 Å². The average Bonchev–Trinajstić information content (AvgIpc) is 3.31. The minimum atomic E-state index is -0.473. The molecule has 32 heavy (non-hydrogen) atoms. The molecule has 3 rings (SSSR count). The van der Waals surface area contributed by atoms with Gasteiger partial charge < -0.3 is 24.3 Å². The monoisotopic (exact) mass is 439 g/mol. The zero-order valence-electron chi connectivity index (χ0n) is 18.3. The van der Waals surface area contributed by atoms with E-state index in [2.05, 4.69) is 5.32 Å². The SMILES string of the molecule is COCCN(Cc1cc(NC(=O)c2ccco2)ccc1N(C)C)C(=O)c1cccc(F)c1. The Balaban J connectivity index is 1.89. The maximum Gasteiger partial charge on any atom is 0.291 e. The summed E-state index contributed by atoms with van der Waals surface area (Å²) in [6.07, 6.45) is 1.43. The maximum absolute atomic E-state index is 13.7. The third-order valence-corrected chi connectivity index (χ3v) is 4.85. The van der Waals surface area contributed by atoms with Crippen LogP contribution in [-0.4, -0.2) is 51.1 Å². The highest BCUT2D eigenvalue weighted by Gasteiger charge is 2.19. The van der Waals surface area contributed by atoms with Crippen LogP contribution < -0.4 is 10.2 Å². The quantitative estimate of drug-likeness (QED) is 0.545. The van der Waals surface area contributed by atoms with E-state index in [9.17, 15) is 14.0 Å². The molecule has 0 aliphatic rings. The van der Waals surface area contributed by atoms with Crippen molar-refractivity contribution in [3.8, 4) is 0 Å². The molecule has 0 bridgehead atoms. The lowest BCUT2D eigenvalue weighted by atomic mass is 10.1. The van der Waals surface area contributed by atoms with E-state index in [1.165, 1.54) is 24.5 Å². The summed E-state index contributed by atoms with van der Waals surface area (Å²) in [5.41, 5.74) is 2.52. The first-order valence-corrected chi connectivity index (χ1v) is 10.1. The third kappa shape index (κ3) is 5.73. The van der Waals surface area contributed by atoms with E-state index in [1.807, 2.05) is 31.1 Å². The van der Waals surface area contributed by atoms with Gasteiger partial charge in [-0.25, -0.2) is 4.39 Å². The smallest absolute Gasteiger partial charge is 0.291 e. The normalized spacial score (nSPS) is 10.6. The third-order valence-electron chi connectivity index (χ3n) is 4.85. The molecule has 0 spiro atoms. The van der Waals surface area contributed by atoms with Gasteiger partial charge >= 0.3 is 0 Å². The Kier molecular flexibility index (Phi) is 7.62. The van der Waals surface area contributed by atoms with Crippen LogP contribution >= 0.6 is 0 Å². The zero-order valence-corrected chi connectivity index (χ0v) is 18.3. The maximum atomic E-state index is 13.7. The molecule has 3 aromatic rings. The highest BCUT2D eigenvalue weighted by Crippen LogP contribution is 2.25. The number of methoxy groups -OCH3 is 1. The molecular weight excluding hydrogens is 413 g/mol. The Morgan fingerprint density at radius 1 is 1.09 bits per heavy atom. The van der Waals surface area contributed by atoms with Crippen molar-refractivity contribution < 1.29 is 23.1 Å². The van der Waals surface area contributed by atoms with Crippen molar-refractivity contribution >= 4 is 23.2 Å². The van der Waals surface area contributed by atoms with Crippen LogP contribution in [-0.2, 0) is 11.3 Å². The number of carbonyl (C=O) groups is 2. The van der Waals surface area contributed by atoms with Crippen LogP contribution in [0.15, 0.2) is 65.3 Å². The van der Waals surface area contributed by atoms with E-state index in [0.29, 0.717) is 18.8 Å². The fourth-order valence-corrected chi connectivity index (χ4v) is 3.29. The van der Waals surface area contributed by atoms with Gasteiger partial charge in [0.05, 0.1) is 12.9 Å². The van der Waals surface area contributed by atoms with E-state index in [1.54, 1.807) is 36.3 Å². The Bertz CT molecular complexity index is 1070. The van der Waals surface area contributed by atoms with Crippen LogP contribution in [0.1, 0.15) is 26.5 Å². The van der Waals surface area contributed by atoms with Crippen molar-refractivity contribution in [3.05, 3.63) is 83.6 Å². The summed E-state index contributed by atoms with van der Waals surface area (Å²) in [6, 6.07) is 14.3. The number of anilines is 2. The second kappa shape index (κ2) is 10.6. The number of rotatable bonds is 9. The first-order valence-electron chi connectivity index (χ1n) is 10.1. The van der Waals surface area contributed by atoms with Crippen LogP contribution in [0.5, 0.6) is 0 Å². The summed E-state index contributed by atoms with van der Waals surface area (Å²) < 4.78 is 24.0. The van der Waals surface area contributed by atoms with E-state index >= 15 is 0 Å². The van der Waals surface area contributed by atoms with Crippen LogP contribution in [0.4, 0.5) is 15.8 Å². The second-order valence-corrected chi connectivity index (χ2v) is 7.40. The summed E-state index contributed by atoms with van der Waals surface area (Å²) in [7, 11) is 5.35. The molecule has 0 aliphatic carbocycles. The number of ether oxygens (including phenoxy) is 1. The molecule has 7 nitrogen and oxygen atoms in total. The first-order chi connectivity index (χ1) is 15.4. The Labute approximate surface area is 186 Å². The fraction of sp³-hybridized carbons (Fsp3) is 0.250. The standard InChI is InChI=1S/C24H26FN3O4/c1-27(2)21-10-9-20(26-23(29)22-8-5-12-32-22)15-18(21)16-28(11-13-31-3)24(30)17-6-4-7-19(25)14-17/h4-10,12,14-15H,11,13,16H2,1-3H3,(H,26,29). The molecular formula is C24H26FN3O4. The molecule has 2 amide bonds. The summed E-state index contributed by atoms with van der Waals surface area (Å²) in [6.45, 7) is 0.894. The van der Waals surface area contributed by atoms with Gasteiger partial charge in [0.2, 0.25) is 0 Å². The van der Waals surface area contributed by atoms with Gasteiger partial charge in [0.25, 0.3) is 11.8 Å². The Morgan fingerprint density at radius 3 is 2.56 bits per heavy atom. The van der Waals surface area contributed by atoms with Crippen molar-refractivity contribution in [2.24, 2.45) is 0 Å². The number of hydrogen-bond donors (Lipinski definition) is 1. The number of furan rings is 1. The number of nitrogens with one attached hydrogen (secondary N) is 1. The van der Waals surface area contributed by atoms with Crippen LogP contribution in [0.3, 0.4) is 0 Å². The van der Waals surface area contributed by atoms with Crippen LogP contribution in [0.2, 0.25) is 0 Å². The highest BCUT2D eigenvalue weighted by molar-refractivity contribution is 6.02. The molecule has 0 radical (unpaired) electrons. The number of hydrogen-bond acceptors (Lipinski definition) is 5. The minimum absolute atomic E-state index is 0.200. The van der Waals surface area contributed by atoms with Crippen molar-refractivity contribution in [2.45, 2.75) is 6.54 Å². The molecule has 1 heterocycles. The second-order valence-electron chi connectivity index (χ2n) is 7.40. The summed E-state index contributed by atoms with van der Waals surface area (Å²) in [5, 5.41) is 2.81. The van der Waals surface area contributed by atoms with Gasteiger partial charge in [-0.3, -0.25) is 9.59 Å². The molecule has 1 aromatic heterocycles. The van der Waals surface area contributed by atoms with Gasteiger partial charge in [-0.1, -0.05) is 6.07 Å². The predicted molar refractivity (Wildman–Crippen MR) is 120 cm³/mol. The molecule has 0 aliphatic heterocycles. The van der Waals surface area contributed by atoms with Crippen molar-refractivity contribution in [1.29, 1.82) is 0 Å². The molecule has 0 atom stereocenters. The van der Waals surface area contributed by atoms with E-state index in [-0.39, 0.29) is 29.7 Å². The molecule has 168 valence electrons. The average molecular weight is 439 g/mol. The fourth-order valence-electron chi connectivity index (χ4n) is 3.29. The lowest BCUT2D eigenvalue weighted by Crippen LogP contribution is -2.34. The Hall–Kier alpha value is -3.65. The summed E-state index contributed by atoms with van der Waals surface area (Å²) in [5.74, 6) is -0.952. The van der Waals surface area contributed by atoms with Gasteiger partial charge in [-0.2, -0.15) is 0 Å². The largest absolute Gasteiger partial charge is 0.459 e. The molecule has 0 saturated heterocycles. The van der Waals surface area contributed by atoms with Crippen molar-refractivity contribution in [1.82, 2.24) is 4.90 Å². The molecule has 0 unspecified atom stereocenters. The number of carbonyl (C=O) groups excluding carboxylic acids is 2. The lowest BCUT2D eigenvalue weighted by molar-refractivity contribution is 0.0680. The lowest BCUT2D eigenvalue weighted by Gasteiger charge is -2.26. The van der Waals surface area contributed by atoms with Gasteiger partial charge in [-0.15, -0.1) is 0 Å². The molecule has 0 fully saturated rings. The Morgan fingerprint density at radius 2 is 1.91 bits per heavy atom. The predicted octanol–water partition coefficient (Wildman–Crippen LogP) is 4.03. The number of halogens is 1. The highest BCUT2D eigenvalue weighted by atomic mass is 19.1. The number of nitrogens with zero attached hydrogens (tertiary/aromatic N) is 2. The van der Waals surface area contributed by atoms with E-state index in [0.717, 1.165) is 11.3 Å². The topological polar surface area (TPSA) is 75.0 Å². The molecule has 8 heteroatoms. The van der Waals surface area contributed by atoms with E-state index < -0.39 is 5.82 Å². The number of benzene rings is 2. The molecule has 0 saturated carbocycles.